The van der Waals surface area contributed by atoms with Gasteiger partial charge in [0.1, 0.15) is 24.1 Å². The number of nitrogens with one attached hydrogen (secondary N) is 1. The Hall–Kier alpha value is -1.59. The highest BCUT2D eigenvalue weighted by Gasteiger charge is 2.52. The number of anilines is 1. The summed E-state index contributed by atoms with van der Waals surface area (Å²) in [4.78, 5) is 68.3. The van der Waals surface area contributed by atoms with Gasteiger partial charge in [-0.2, -0.15) is 4.98 Å². The van der Waals surface area contributed by atoms with E-state index in [0.717, 1.165) is 10.8 Å². The smallest absolute Gasteiger partial charge is 0.475 e. The van der Waals surface area contributed by atoms with Crippen molar-refractivity contribution in [2.75, 3.05) is 12.3 Å². The van der Waals surface area contributed by atoms with Crippen LogP contribution in [0.3, 0.4) is 0 Å². The molecule has 0 aromatic carbocycles. The molecule has 1 saturated carbocycles. The molecule has 2 aliphatic rings. The fourth-order valence-electron chi connectivity index (χ4n) is 4.18. The fraction of sp³-hybridized carbons (Fsp3) is 0.706. The molecular formula is C17H28N4O13P2. The summed E-state index contributed by atoms with van der Waals surface area (Å²) >= 11 is 0. The zero-order valence-corrected chi connectivity index (χ0v) is 20.6. The summed E-state index contributed by atoms with van der Waals surface area (Å²) in [6.45, 7) is 0.309. The van der Waals surface area contributed by atoms with E-state index in [-0.39, 0.29) is 18.7 Å². The Bertz CT molecular complexity index is 1050. The summed E-state index contributed by atoms with van der Waals surface area (Å²) in [5.74, 6) is -3.86. The molecule has 2 fully saturated rings. The topological polar surface area (TPSA) is 279 Å². The van der Waals surface area contributed by atoms with Gasteiger partial charge in [0.2, 0.25) is 11.8 Å². The lowest BCUT2D eigenvalue weighted by molar-refractivity contribution is -0.219. The molecule has 0 radical (unpaired) electrons. The van der Waals surface area contributed by atoms with Crippen molar-refractivity contribution < 1.29 is 58.0 Å². The number of hydrogen-bond acceptors (Lipinski definition) is 14. The molecule has 1 aliphatic carbocycles. The van der Waals surface area contributed by atoms with Gasteiger partial charge in [0.15, 0.2) is 6.23 Å². The molecule has 204 valence electrons. The second kappa shape index (κ2) is 11.0. The first-order chi connectivity index (χ1) is 16.6. The first-order valence-electron chi connectivity index (χ1n) is 10.6. The summed E-state index contributed by atoms with van der Waals surface area (Å²) in [6.07, 6.45) is -6.69. The lowest BCUT2D eigenvalue weighted by atomic mass is 10.1. The van der Waals surface area contributed by atoms with Gasteiger partial charge in [-0.05, 0) is 18.9 Å². The van der Waals surface area contributed by atoms with Crippen LogP contribution in [-0.4, -0.2) is 88.4 Å². The van der Waals surface area contributed by atoms with Gasteiger partial charge in [-0.3, -0.25) is 13.9 Å². The van der Waals surface area contributed by atoms with Gasteiger partial charge in [0.05, 0.1) is 18.8 Å². The van der Waals surface area contributed by atoms with Gasteiger partial charge in [-0.25, -0.2) is 23.7 Å². The van der Waals surface area contributed by atoms with E-state index in [1.165, 1.54) is 13.0 Å². The van der Waals surface area contributed by atoms with Gasteiger partial charge in [0, 0.05) is 19.0 Å². The molecule has 1 aromatic heterocycles. The maximum atomic E-state index is 12.5. The third kappa shape index (κ3) is 6.83. The highest BCUT2D eigenvalue weighted by molar-refractivity contribution is 7.58. The van der Waals surface area contributed by atoms with Crippen LogP contribution >= 0.6 is 15.8 Å². The van der Waals surface area contributed by atoms with Crippen LogP contribution in [0.4, 0.5) is 5.82 Å². The molecule has 2 heterocycles. The number of rotatable bonds is 9. The zero-order chi connectivity index (χ0) is 27.0. The largest absolute Gasteiger partial charge is 0.630 e. The van der Waals surface area contributed by atoms with Gasteiger partial charge in [0.25, 0.3) is 7.94 Å². The number of phosphoric ester groups is 1. The van der Waals surface area contributed by atoms with Crippen LogP contribution in [0.5, 0.6) is 0 Å². The average molecular weight is 558 g/mol. The molecule has 1 aliphatic heterocycles. The molecule has 36 heavy (non-hydrogen) atoms. The third-order valence-corrected chi connectivity index (χ3v) is 8.12. The number of carbonyl (C=O) groups excluding carboxylic acids is 1. The van der Waals surface area contributed by atoms with Crippen molar-refractivity contribution in [3.63, 3.8) is 0 Å². The number of carbonyl (C=O) groups is 1. The molecule has 1 saturated heterocycles. The van der Waals surface area contributed by atoms with Crippen LogP contribution in [-0.2, 0) is 23.1 Å². The van der Waals surface area contributed by atoms with E-state index in [0.29, 0.717) is 0 Å². The number of nitrogens with two attached hydrogens (primary N) is 1. The third-order valence-electron chi connectivity index (χ3n) is 5.79. The first-order valence-corrected chi connectivity index (χ1v) is 13.8. The van der Waals surface area contributed by atoms with E-state index >= 15 is 0 Å². The molecular weight excluding hydrogens is 530 g/mol. The predicted molar refractivity (Wildman–Crippen MR) is 117 cm³/mol. The van der Waals surface area contributed by atoms with Crippen LogP contribution in [0.15, 0.2) is 17.1 Å². The molecule has 1 amide bonds. The van der Waals surface area contributed by atoms with Crippen LogP contribution in [0.25, 0.3) is 0 Å². The number of aliphatic hydroxyl groups is 3. The summed E-state index contributed by atoms with van der Waals surface area (Å²) in [5.41, 5.74) is 4.51. The SMILES string of the molecule is CC(=O)N[C@@H]1C[C@H](C(OP(=O)(O)OC[C@H]2O[C@@H](n3ccc(N)nc3=O)[C@H](O)[C@@H]2O)[P+]([O-])(O)O)C[C@H]1O. The van der Waals surface area contributed by atoms with Gasteiger partial charge in [-0.1, -0.05) is 0 Å². The van der Waals surface area contributed by atoms with Crippen molar-refractivity contribution in [2.45, 2.75) is 62.3 Å². The summed E-state index contributed by atoms with van der Waals surface area (Å²) in [6, 6.07) is 0.387. The first kappa shape index (κ1) is 29.0. The number of amides is 1. The molecule has 0 spiro atoms. The fourth-order valence-corrected chi connectivity index (χ4v) is 6.66. The van der Waals surface area contributed by atoms with E-state index < -0.39 is 82.4 Å². The maximum Gasteiger partial charge on any atom is 0.475 e. The highest BCUT2D eigenvalue weighted by atomic mass is 31.2. The van der Waals surface area contributed by atoms with Crippen LogP contribution in [0, 0.1) is 5.92 Å². The lowest BCUT2D eigenvalue weighted by Crippen LogP contribution is -2.38. The minimum atomic E-state index is -5.20. The minimum absolute atomic E-state index is 0.0969. The number of aromatic nitrogens is 2. The second-order valence-corrected chi connectivity index (χ2v) is 11.6. The Morgan fingerprint density at radius 1 is 1.39 bits per heavy atom. The zero-order valence-electron chi connectivity index (χ0n) is 18.8. The highest BCUT2D eigenvalue weighted by Crippen LogP contribution is 2.59. The van der Waals surface area contributed by atoms with Gasteiger partial charge in [-0.15, -0.1) is 0 Å². The number of nitrogen functional groups attached to an aromatic ring is 1. The predicted octanol–water partition coefficient (Wildman–Crippen LogP) is -3.71. The van der Waals surface area contributed by atoms with Crippen molar-refractivity contribution in [1.29, 1.82) is 0 Å². The minimum Gasteiger partial charge on any atom is -0.630 e. The van der Waals surface area contributed by atoms with Crippen molar-refractivity contribution in [3.05, 3.63) is 22.7 Å². The molecule has 9 atom stereocenters. The molecule has 19 heteroatoms. The molecule has 1 aromatic rings. The quantitative estimate of drug-likeness (QED) is 0.135. The van der Waals surface area contributed by atoms with Crippen molar-refractivity contribution >= 4 is 27.5 Å². The summed E-state index contributed by atoms with van der Waals surface area (Å²) in [7, 11) is -10.4. The number of ether oxygens (including phenoxy) is 1. The van der Waals surface area contributed by atoms with Crippen LogP contribution in [0.2, 0.25) is 0 Å². The Kier molecular flexibility index (Phi) is 8.88. The Labute approximate surface area is 204 Å². The molecule has 9 N–H and O–H groups in total. The Morgan fingerprint density at radius 3 is 2.64 bits per heavy atom. The van der Waals surface area contributed by atoms with Crippen molar-refractivity contribution in [3.8, 4) is 0 Å². The Balaban J connectivity index is 1.66. The van der Waals surface area contributed by atoms with E-state index in [2.05, 4.69) is 10.3 Å². The van der Waals surface area contributed by atoms with Crippen molar-refractivity contribution in [2.24, 2.45) is 5.92 Å². The van der Waals surface area contributed by atoms with E-state index in [9.17, 15) is 49.0 Å². The van der Waals surface area contributed by atoms with Crippen LogP contribution in [0.1, 0.15) is 26.0 Å². The summed E-state index contributed by atoms with van der Waals surface area (Å²) < 4.78 is 28.3. The number of hydrogen-bond donors (Lipinski definition) is 8. The number of phosphoric acid groups is 1. The van der Waals surface area contributed by atoms with Gasteiger partial charge >= 0.3 is 13.5 Å². The molecule has 17 nitrogen and oxygen atoms in total. The number of nitrogens with zero attached hydrogens (tertiary/aromatic N) is 2. The van der Waals surface area contributed by atoms with Crippen molar-refractivity contribution in [1.82, 2.24) is 14.9 Å². The average Bonchev–Trinajstić information content (AvgIpc) is 3.23. The van der Waals surface area contributed by atoms with Gasteiger partial charge < -0.3 is 40.9 Å². The maximum absolute atomic E-state index is 12.5. The molecule has 0 bridgehead atoms. The molecule has 2 unspecified atom stereocenters. The summed E-state index contributed by atoms with van der Waals surface area (Å²) in [5, 5.41) is 33.0. The second-order valence-electron chi connectivity index (χ2n) is 8.54. The lowest BCUT2D eigenvalue weighted by Gasteiger charge is -2.30. The monoisotopic (exact) mass is 558 g/mol. The molecule has 3 rings (SSSR count). The van der Waals surface area contributed by atoms with Crippen LogP contribution < -0.4 is 21.6 Å². The number of aliphatic hydroxyl groups excluding tert-OH is 3. The van der Waals surface area contributed by atoms with E-state index in [1.54, 1.807) is 0 Å². The Morgan fingerprint density at radius 2 is 2.06 bits per heavy atom. The van der Waals surface area contributed by atoms with E-state index in [4.69, 9.17) is 19.5 Å². The van der Waals surface area contributed by atoms with E-state index in [1.807, 2.05) is 0 Å². The standard InChI is InChI=1S/C17H28N4O13P2/c1-7(22)19-9-4-8(5-10(9)23)16(35(27,28)29)34-36(30,31)32-6-11-13(24)14(25)15(33-11)21-3-2-12(18)20-17(21)26/h2-3,8-11,13-16,23-25H,4-6H2,1H3,(H,19,22)(H,30,31)(H2,18,20,26)(H2,27,28,29)/t8-,9+,10+,11+,13+,14+,15+,16?/m0/s1. The normalized spacial score (nSPS) is 33.3.